The van der Waals surface area contributed by atoms with Crippen LogP contribution >= 0.6 is 11.6 Å². The summed E-state index contributed by atoms with van der Waals surface area (Å²) in [5.41, 5.74) is 0.229. The van der Waals surface area contributed by atoms with Crippen LogP contribution in [0.1, 0.15) is 15.9 Å². The van der Waals surface area contributed by atoms with Gasteiger partial charge < -0.3 is 15.3 Å². The number of hydrogen-bond donors (Lipinski definition) is 3. The zero-order valence-electron chi connectivity index (χ0n) is 9.09. The summed E-state index contributed by atoms with van der Waals surface area (Å²) in [5, 5.41) is 28.6. The van der Waals surface area contributed by atoms with E-state index in [2.05, 4.69) is 0 Å². The molecule has 4 nitrogen and oxygen atoms in total. The third-order valence-corrected chi connectivity index (χ3v) is 2.70. The number of ketones is 1. The summed E-state index contributed by atoms with van der Waals surface area (Å²) in [4.78, 5) is 12.0. The highest BCUT2D eigenvalue weighted by Gasteiger charge is 2.16. The molecule has 2 rings (SSSR count). The highest BCUT2D eigenvalue weighted by atomic mass is 35.5. The number of halogens is 1. The van der Waals surface area contributed by atoms with Gasteiger partial charge in [-0.2, -0.15) is 0 Å². The predicted molar refractivity (Wildman–Crippen MR) is 66.3 cm³/mol. The van der Waals surface area contributed by atoms with E-state index in [1.807, 2.05) is 0 Å². The van der Waals surface area contributed by atoms with Gasteiger partial charge in [0, 0.05) is 16.7 Å². The van der Waals surface area contributed by atoms with Crippen LogP contribution in [0.3, 0.4) is 0 Å². The van der Waals surface area contributed by atoms with E-state index in [0.29, 0.717) is 10.6 Å². The SMILES string of the molecule is O=C(c1ccc(Cl)cc1)c1cc(O)c(O)cc1O. The van der Waals surface area contributed by atoms with Crippen molar-refractivity contribution in [2.75, 3.05) is 0 Å². The third kappa shape index (κ3) is 2.24. The molecule has 0 heterocycles. The van der Waals surface area contributed by atoms with Crippen LogP contribution < -0.4 is 0 Å². The Bertz CT molecular complexity index is 605. The lowest BCUT2D eigenvalue weighted by Crippen LogP contribution is -2.01. The van der Waals surface area contributed by atoms with Crippen molar-refractivity contribution >= 4 is 17.4 Å². The van der Waals surface area contributed by atoms with E-state index in [4.69, 9.17) is 11.6 Å². The van der Waals surface area contributed by atoms with Crippen LogP contribution in [0.2, 0.25) is 5.02 Å². The Balaban J connectivity index is 2.46. The molecule has 3 N–H and O–H groups in total. The lowest BCUT2D eigenvalue weighted by Gasteiger charge is -2.06. The third-order valence-electron chi connectivity index (χ3n) is 2.44. The molecule has 0 saturated carbocycles. The Labute approximate surface area is 108 Å². The first-order valence-electron chi connectivity index (χ1n) is 5.04. The number of hydrogen-bond acceptors (Lipinski definition) is 4. The van der Waals surface area contributed by atoms with Crippen molar-refractivity contribution in [2.45, 2.75) is 0 Å². The first-order chi connectivity index (χ1) is 8.49. The van der Waals surface area contributed by atoms with Gasteiger partial charge in [-0.3, -0.25) is 4.79 Å². The Morgan fingerprint density at radius 2 is 1.44 bits per heavy atom. The smallest absolute Gasteiger partial charge is 0.196 e. The van der Waals surface area contributed by atoms with Crippen molar-refractivity contribution in [1.82, 2.24) is 0 Å². The maximum Gasteiger partial charge on any atom is 0.196 e. The first kappa shape index (κ1) is 12.3. The molecule has 5 heteroatoms. The van der Waals surface area contributed by atoms with Crippen LogP contribution in [0.25, 0.3) is 0 Å². The van der Waals surface area contributed by atoms with Crippen molar-refractivity contribution in [3.05, 3.63) is 52.5 Å². The van der Waals surface area contributed by atoms with Gasteiger partial charge in [-0.15, -0.1) is 0 Å². The summed E-state index contributed by atoms with van der Waals surface area (Å²) in [7, 11) is 0. The molecule has 0 fully saturated rings. The zero-order chi connectivity index (χ0) is 13.3. The predicted octanol–water partition coefficient (Wildman–Crippen LogP) is 2.69. The van der Waals surface area contributed by atoms with E-state index in [9.17, 15) is 20.1 Å². The van der Waals surface area contributed by atoms with E-state index < -0.39 is 23.0 Å². The second-order valence-corrected chi connectivity index (χ2v) is 4.13. The molecule has 0 radical (unpaired) electrons. The second kappa shape index (κ2) is 4.58. The van der Waals surface area contributed by atoms with Crippen LogP contribution in [0.15, 0.2) is 36.4 Å². The topological polar surface area (TPSA) is 77.8 Å². The van der Waals surface area contributed by atoms with E-state index in [1.54, 1.807) is 12.1 Å². The van der Waals surface area contributed by atoms with Gasteiger partial charge in [-0.05, 0) is 30.3 Å². The summed E-state index contributed by atoms with van der Waals surface area (Å²) in [6, 6.07) is 8.04. The van der Waals surface area contributed by atoms with Crippen LogP contribution in [0.4, 0.5) is 0 Å². The molecule has 0 saturated heterocycles. The van der Waals surface area contributed by atoms with Crippen molar-refractivity contribution in [1.29, 1.82) is 0 Å². The van der Waals surface area contributed by atoms with Gasteiger partial charge in [0.2, 0.25) is 0 Å². The van der Waals surface area contributed by atoms with Gasteiger partial charge in [-0.25, -0.2) is 0 Å². The molecule has 92 valence electrons. The van der Waals surface area contributed by atoms with Crippen molar-refractivity contribution < 1.29 is 20.1 Å². The quantitative estimate of drug-likeness (QED) is 0.443. The normalized spacial score (nSPS) is 10.3. The molecule has 0 atom stereocenters. The largest absolute Gasteiger partial charge is 0.507 e. The Hall–Kier alpha value is -2.20. The Morgan fingerprint density at radius 3 is 2.06 bits per heavy atom. The van der Waals surface area contributed by atoms with Gasteiger partial charge in [0.25, 0.3) is 0 Å². The fourth-order valence-electron chi connectivity index (χ4n) is 1.50. The molecule has 0 bridgehead atoms. The molecule has 2 aromatic rings. The average molecular weight is 265 g/mol. The van der Waals surface area contributed by atoms with Gasteiger partial charge >= 0.3 is 0 Å². The van der Waals surface area contributed by atoms with Crippen LogP contribution in [0, 0.1) is 0 Å². The lowest BCUT2D eigenvalue weighted by molar-refractivity contribution is 0.103. The van der Waals surface area contributed by atoms with E-state index >= 15 is 0 Å². The molecule has 0 aliphatic rings. The number of phenols is 3. The number of aromatic hydroxyl groups is 3. The van der Waals surface area contributed by atoms with E-state index in [0.717, 1.165) is 12.1 Å². The minimum absolute atomic E-state index is 0.0902. The van der Waals surface area contributed by atoms with Gasteiger partial charge in [0.1, 0.15) is 5.75 Å². The second-order valence-electron chi connectivity index (χ2n) is 3.69. The minimum Gasteiger partial charge on any atom is -0.507 e. The van der Waals surface area contributed by atoms with Crippen LogP contribution in [-0.4, -0.2) is 21.1 Å². The molecular weight excluding hydrogens is 256 g/mol. The highest BCUT2D eigenvalue weighted by Crippen LogP contribution is 2.33. The van der Waals surface area contributed by atoms with Crippen LogP contribution in [0.5, 0.6) is 17.2 Å². The summed E-state index contributed by atoms with van der Waals surface area (Å²) < 4.78 is 0. The maximum absolute atomic E-state index is 12.0. The summed E-state index contributed by atoms with van der Waals surface area (Å²) in [5.74, 6) is -1.82. The first-order valence-corrected chi connectivity index (χ1v) is 5.42. The molecule has 0 aromatic heterocycles. The minimum atomic E-state index is -0.486. The lowest BCUT2D eigenvalue weighted by atomic mass is 10.0. The number of rotatable bonds is 2. The Morgan fingerprint density at radius 1 is 0.889 bits per heavy atom. The van der Waals surface area contributed by atoms with Crippen molar-refractivity contribution in [2.24, 2.45) is 0 Å². The number of carbonyl (C=O) groups is 1. The molecule has 0 unspecified atom stereocenters. The maximum atomic E-state index is 12.0. The van der Waals surface area contributed by atoms with Crippen LogP contribution in [-0.2, 0) is 0 Å². The summed E-state index contributed by atoms with van der Waals surface area (Å²) in [6.45, 7) is 0. The molecular formula is C13H9ClO4. The van der Waals surface area contributed by atoms with Gasteiger partial charge in [0.05, 0.1) is 5.56 Å². The summed E-state index contributed by atoms with van der Waals surface area (Å²) in [6.07, 6.45) is 0. The van der Waals surface area contributed by atoms with E-state index in [-0.39, 0.29) is 5.56 Å². The number of carbonyl (C=O) groups excluding carboxylic acids is 1. The summed E-state index contributed by atoms with van der Waals surface area (Å²) >= 11 is 5.71. The Kier molecular flexibility index (Phi) is 3.12. The van der Waals surface area contributed by atoms with E-state index in [1.165, 1.54) is 12.1 Å². The molecule has 0 aliphatic heterocycles. The number of benzene rings is 2. The van der Waals surface area contributed by atoms with Gasteiger partial charge in [-0.1, -0.05) is 11.6 Å². The molecule has 2 aromatic carbocycles. The monoisotopic (exact) mass is 264 g/mol. The fraction of sp³-hybridized carbons (Fsp3) is 0. The molecule has 0 amide bonds. The molecule has 0 spiro atoms. The zero-order valence-corrected chi connectivity index (χ0v) is 9.85. The standard InChI is InChI=1S/C13H9ClO4/c14-8-3-1-7(2-4-8)13(18)9-5-11(16)12(17)6-10(9)15/h1-6,15-17H. The molecule has 0 aliphatic carbocycles. The number of phenolic OH excluding ortho intramolecular Hbond substituents is 3. The van der Waals surface area contributed by atoms with Gasteiger partial charge in [0.15, 0.2) is 17.3 Å². The average Bonchev–Trinajstić information content (AvgIpc) is 2.34. The fourth-order valence-corrected chi connectivity index (χ4v) is 1.63. The molecule has 18 heavy (non-hydrogen) atoms. The van der Waals surface area contributed by atoms with Crippen molar-refractivity contribution in [3.63, 3.8) is 0 Å². The van der Waals surface area contributed by atoms with Crippen molar-refractivity contribution in [3.8, 4) is 17.2 Å². The highest BCUT2D eigenvalue weighted by molar-refractivity contribution is 6.30.